The Hall–Kier alpha value is -3.14. The van der Waals surface area contributed by atoms with Crippen LogP contribution in [0.3, 0.4) is 0 Å². The highest BCUT2D eigenvalue weighted by atomic mass is 16.5. The molecule has 4 heteroatoms. The van der Waals surface area contributed by atoms with Gasteiger partial charge in [-0.25, -0.2) is 9.78 Å². The predicted octanol–water partition coefficient (Wildman–Crippen LogP) is 3.99. The van der Waals surface area contributed by atoms with Crippen LogP contribution >= 0.6 is 0 Å². The molecule has 0 atom stereocenters. The number of hydrogen-bond acceptors (Lipinski definition) is 3. The summed E-state index contributed by atoms with van der Waals surface area (Å²) in [5.41, 5.74) is 5.14. The van der Waals surface area contributed by atoms with E-state index in [4.69, 9.17) is 4.74 Å². The fourth-order valence-corrected chi connectivity index (χ4v) is 3.86. The Kier molecular flexibility index (Phi) is 3.49. The van der Waals surface area contributed by atoms with Crippen molar-refractivity contribution in [2.75, 3.05) is 6.61 Å². The molecule has 0 amide bonds. The second kappa shape index (κ2) is 5.99. The SMILES string of the molecule is O=C(OCCc1cn2ccccc2n1)c1ccc2c3c(cccc13)CC2. The van der Waals surface area contributed by atoms with Gasteiger partial charge in [-0.2, -0.15) is 0 Å². The molecule has 2 aromatic carbocycles. The molecule has 1 aliphatic carbocycles. The lowest BCUT2D eigenvalue weighted by Crippen LogP contribution is -2.09. The van der Waals surface area contributed by atoms with Crippen LogP contribution in [-0.2, 0) is 24.0 Å². The van der Waals surface area contributed by atoms with Crippen molar-refractivity contribution < 1.29 is 9.53 Å². The molecule has 0 unspecified atom stereocenters. The van der Waals surface area contributed by atoms with Crippen LogP contribution in [0.5, 0.6) is 0 Å². The van der Waals surface area contributed by atoms with Crippen LogP contribution in [0.1, 0.15) is 27.2 Å². The molecule has 26 heavy (non-hydrogen) atoms. The second-order valence-corrected chi connectivity index (χ2v) is 6.70. The number of esters is 1. The predicted molar refractivity (Wildman–Crippen MR) is 101 cm³/mol. The quantitative estimate of drug-likeness (QED) is 0.527. The number of fused-ring (bicyclic) bond motifs is 1. The molecule has 0 spiro atoms. The van der Waals surface area contributed by atoms with Gasteiger partial charge in [-0.3, -0.25) is 0 Å². The highest BCUT2D eigenvalue weighted by molar-refractivity contribution is 6.07. The van der Waals surface area contributed by atoms with Crippen LogP contribution in [0.4, 0.5) is 0 Å². The highest BCUT2D eigenvalue weighted by Crippen LogP contribution is 2.33. The van der Waals surface area contributed by atoms with Gasteiger partial charge in [0.05, 0.1) is 17.9 Å². The Balaban J connectivity index is 1.34. The maximum Gasteiger partial charge on any atom is 0.338 e. The lowest BCUT2D eigenvalue weighted by Gasteiger charge is -2.09. The lowest BCUT2D eigenvalue weighted by atomic mass is 10.00. The van der Waals surface area contributed by atoms with Crippen molar-refractivity contribution in [2.45, 2.75) is 19.3 Å². The van der Waals surface area contributed by atoms with E-state index in [0.717, 1.165) is 29.6 Å². The van der Waals surface area contributed by atoms with Gasteiger partial charge in [0.15, 0.2) is 0 Å². The molecule has 0 aliphatic heterocycles. The molecule has 4 nitrogen and oxygen atoms in total. The van der Waals surface area contributed by atoms with Crippen molar-refractivity contribution >= 4 is 22.4 Å². The van der Waals surface area contributed by atoms with E-state index in [2.05, 4.69) is 17.1 Å². The molecular formula is C22H18N2O2. The summed E-state index contributed by atoms with van der Waals surface area (Å²) in [6.45, 7) is 0.325. The smallest absolute Gasteiger partial charge is 0.338 e. The molecule has 0 saturated heterocycles. The first-order valence-corrected chi connectivity index (χ1v) is 8.93. The molecule has 1 aliphatic rings. The standard InChI is InChI=1S/C22H18N2O2/c25-22(26-13-11-17-14-24-12-2-1-6-20(24)23-17)19-10-9-16-8-7-15-4-3-5-18(19)21(15)16/h1-6,9-10,12,14H,7-8,11,13H2. The van der Waals surface area contributed by atoms with Crippen LogP contribution in [0.15, 0.2) is 60.9 Å². The van der Waals surface area contributed by atoms with E-state index in [-0.39, 0.29) is 5.97 Å². The summed E-state index contributed by atoms with van der Waals surface area (Å²) in [5, 5.41) is 2.25. The van der Waals surface area contributed by atoms with E-state index in [1.54, 1.807) is 0 Å². The summed E-state index contributed by atoms with van der Waals surface area (Å²) >= 11 is 0. The first-order chi connectivity index (χ1) is 12.8. The van der Waals surface area contributed by atoms with E-state index < -0.39 is 0 Å². The van der Waals surface area contributed by atoms with Crippen molar-refractivity contribution in [3.63, 3.8) is 0 Å². The average molecular weight is 342 g/mol. The minimum absolute atomic E-state index is 0.260. The summed E-state index contributed by atoms with van der Waals surface area (Å²) in [6.07, 6.45) is 6.65. The number of nitrogens with zero attached hydrogens (tertiary/aromatic N) is 2. The molecule has 2 aromatic heterocycles. The fraction of sp³-hybridized carbons (Fsp3) is 0.182. The van der Waals surface area contributed by atoms with Crippen molar-refractivity contribution in [3.05, 3.63) is 83.3 Å². The van der Waals surface area contributed by atoms with Gasteiger partial charge in [0.1, 0.15) is 5.65 Å². The molecule has 128 valence electrons. The second-order valence-electron chi connectivity index (χ2n) is 6.70. The molecule has 0 fully saturated rings. The Morgan fingerprint density at radius 1 is 1.04 bits per heavy atom. The topological polar surface area (TPSA) is 43.6 Å². The molecule has 0 N–H and O–H groups in total. The number of hydrogen-bond donors (Lipinski definition) is 0. The first kappa shape index (κ1) is 15.1. The Morgan fingerprint density at radius 2 is 1.92 bits per heavy atom. The van der Waals surface area contributed by atoms with E-state index >= 15 is 0 Å². The molecule has 0 saturated carbocycles. The molecule has 0 radical (unpaired) electrons. The van der Waals surface area contributed by atoms with E-state index in [9.17, 15) is 4.79 Å². The average Bonchev–Trinajstić information content (AvgIpc) is 3.27. The Morgan fingerprint density at radius 3 is 2.81 bits per heavy atom. The third-order valence-electron chi connectivity index (χ3n) is 5.10. The zero-order valence-corrected chi connectivity index (χ0v) is 14.3. The van der Waals surface area contributed by atoms with E-state index in [0.29, 0.717) is 18.6 Å². The third-order valence-corrected chi connectivity index (χ3v) is 5.10. The largest absolute Gasteiger partial charge is 0.462 e. The number of pyridine rings is 1. The highest BCUT2D eigenvalue weighted by Gasteiger charge is 2.19. The van der Waals surface area contributed by atoms with Gasteiger partial charge in [-0.1, -0.05) is 30.3 Å². The summed E-state index contributed by atoms with van der Waals surface area (Å²) in [7, 11) is 0. The zero-order chi connectivity index (χ0) is 17.5. The van der Waals surface area contributed by atoms with E-state index in [1.165, 1.54) is 16.5 Å². The van der Waals surface area contributed by atoms with Crippen LogP contribution in [0.2, 0.25) is 0 Å². The van der Waals surface area contributed by atoms with Gasteiger partial charge >= 0.3 is 5.97 Å². The third kappa shape index (κ3) is 2.46. The Bertz CT molecular complexity index is 1100. The normalized spacial score (nSPS) is 12.8. The molecule has 4 aromatic rings. The first-order valence-electron chi connectivity index (χ1n) is 8.93. The van der Waals surface area contributed by atoms with Gasteiger partial charge in [0.25, 0.3) is 0 Å². The fourth-order valence-electron chi connectivity index (χ4n) is 3.86. The van der Waals surface area contributed by atoms with E-state index in [1.807, 2.05) is 53.2 Å². The monoisotopic (exact) mass is 342 g/mol. The lowest BCUT2D eigenvalue weighted by molar-refractivity contribution is 0.0511. The summed E-state index contributed by atoms with van der Waals surface area (Å²) in [4.78, 5) is 17.2. The molecule has 0 bridgehead atoms. The summed E-state index contributed by atoms with van der Waals surface area (Å²) in [5.74, 6) is -0.260. The number of ether oxygens (including phenoxy) is 1. The molecule has 5 rings (SSSR count). The van der Waals surface area contributed by atoms with Crippen LogP contribution in [0.25, 0.3) is 16.4 Å². The van der Waals surface area contributed by atoms with Crippen molar-refractivity contribution in [2.24, 2.45) is 0 Å². The van der Waals surface area contributed by atoms with Gasteiger partial charge in [0, 0.05) is 18.8 Å². The maximum absolute atomic E-state index is 12.6. The minimum Gasteiger partial charge on any atom is -0.462 e. The number of carbonyl (C=O) groups excluding carboxylic acids is 1. The van der Waals surface area contributed by atoms with Gasteiger partial charge in [0.2, 0.25) is 0 Å². The number of carbonyl (C=O) groups is 1. The number of aryl methyl sites for hydroxylation is 2. The zero-order valence-electron chi connectivity index (χ0n) is 14.3. The van der Waals surface area contributed by atoms with Crippen molar-refractivity contribution in [1.82, 2.24) is 9.38 Å². The number of benzene rings is 2. The summed E-state index contributed by atoms with van der Waals surface area (Å²) in [6, 6.07) is 16.1. The molecule has 2 heterocycles. The number of aromatic nitrogens is 2. The molecular weight excluding hydrogens is 324 g/mol. The maximum atomic E-state index is 12.6. The number of rotatable bonds is 4. The van der Waals surface area contributed by atoms with Crippen LogP contribution in [0, 0.1) is 0 Å². The van der Waals surface area contributed by atoms with Crippen molar-refractivity contribution in [1.29, 1.82) is 0 Å². The van der Waals surface area contributed by atoms with Gasteiger partial charge in [-0.05, 0) is 52.9 Å². The van der Waals surface area contributed by atoms with Crippen molar-refractivity contribution in [3.8, 4) is 0 Å². The minimum atomic E-state index is -0.260. The van der Waals surface area contributed by atoms with Gasteiger partial charge in [-0.15, -0.1) is 0 Å². The number of imidazole rings is 1. The van der Waals surface area contributed by atoms with Crippen LogP contribution < -0.4 is 0 Å². The Labute approximate surface area is 151 Å². The summed E-state index contributed by atoms with van der Waals surface area (Å²) < 4.78 is 7.52. The van der Waals surface area contributed by atoms with Gasteiger partial charge < -0.3 is 9.14 Å². The van der Waals surface area contributed by atoms with Crippen LogP contribution in [-0.4, -0.2) is 22.0 Å².